The van der Waals surface area contributed by atoms with Crippen LogP contribution in [0.25, 0.3) is 0 Å². The van der Waals surface area contributed by atoms with Gasteiger partial charge in [-0.2, -0.15) is 0 Å². The van der Waals surface area contributed by atoms with Gasteiger partial charge in [0.05, 0.1) is 11.3 Å². The van der Waals surface area contributed by atoms with Crippen LogP contribution in [0.3, 0.4) is 0 Å². The van der Waals surface area contributed by atoms with Crippen molar-refractivity contribution >= 4 is 23.5 Å². The Morgan fingerprint density at radius 3 is 2.36 bits per heavy atom. The Hall–Kier alpha value is -3.15. The number of hydrogen-bond donors (Lipinski definition) is 2. The van der Waals surface area contributed by atoms with Crippen molar-refractivity contribution in [2.45, 2.75) is 18.9 Å². The number of amides is 2. The summed E-state index contributed by atoms with van der Waals surface area (Å²) in [4.78, 5) is 36.1. The van der Waals surface area contributed by atoms with Gasteiger partial charge >= 0.3 is 5.97 Å². The van der Waals surface area contributed by atoms with Gasteiger partial charge in [0, 0.05) is 11.6 Å². The maximum atomic E-state index is 12.3. The summed E-state index contributed by atoms with van der Waals surface area (Å²) in [5.74, 6) is -1.30. The van der Waals surface area contributed by atoms with Crippen molar-refractivity contribution in [1.82, 2.24) is 5.32 Å². The number of rotatable bonds is 6. The van der Waals surface area contributed by atoms with E-state index >= 15 is 0 Å². The first-order chi connectivity index (χ1) is 12.1. The highest BCUT2D eigenvalue weighted by Gasteiger charge is 2.24. The molecular weight excluding hydrogens is 320 g/mol. The lowest BCUT2D eigenvalue weighted by Crippen LogP contribution is -2.30. The summed E-state index contributed by atoms with van der Waals surface area (Å²) in [6.07, 6.45) is 1.93. The number of nitrogens with one attached hydrogen (secondary N) is 2. The van der Waals surface area contributed by atoms with E-state index < -0.39 is 5.97 Å². The first-order valence-corrected chi connectivity index (χ1v) is 8.05. The van der Waals surface area contributed by atoms with Gasteiger partial charge < -0.3 is 15.4 Å². The SMILES string of the molecule is O=C(COC(=O)c1ccccc1NC(=O)c1ccccc1)NC1CC1. The van der Waals surface area contributed by atoms with E-state index in [1.807, 2.05) is 6.07 Å². The quantitative estimate of drug-likeness (QED) is 0.792. The number of anilines is 1. The zero-order valence-corrected chi connectivity index (χ0v) is 13.5. The molecule has 0 aromatic heterocycles. The number of para-hydroxylation sites is 1. The number of carbonyl (C=O) groups excluding carboxylic acids is 3. The fourth-order valence-corrected chi connectivity index (χ4v) is 2.26. The van der Waals surface area contributed by atoms with Crippen molar-refractivity contribution in [3.05, 3.63) is 65.7 Å². The fraction of sp³-hybridized carbons (Fsp3) is 0.211. The standard InChI is InChI=1S/C19H18N2O4/c22-17(20-14-10-11-14)12-25-19(24)15-8-4-5-9-16(15)21-18(23)13-6-2-1-3-7-13/h1-9,14H,10-12H2,(H,20,22)(H,21,23). The van der Waals surface area contributed by atoms with Gasteiger partial charge in [0.25, 0.3) is 11.8 Å². The highest BCUT2D eigenvalue weighted by Crippen LogP contribution is 2.19. The van der Waals surface area contributed by atoms with Crippen LogP contribution in [-0.2, 0) is 9.53 Å². The number of ether oxygens (including phenoxy) is 1. The lowest BCUT2D eigenvalue weighted by molar-refractivity contribution is -0.124. The summed E-state index contributed by atoms with van der Waals surface area (Å²) in [5, 5.41) is 5.44. The molecule has 2 aromatic carbocycles. The summed E-state index contributed by atoms with van der Waals surface area (Å²) in [7, 11) is 0. The smallest absolute Gasteiger partial charge is 0.340 e. The van der Waals surface area contributed by atoms with E-state index in [4.69, 9.17) is 4.74 Å². The van der Waals surface area contributed by atoms with Gasteiger partial charge in [0.2, 0.25) is 0 Å². The topological polar surface area (TPSA) is 84.5 Å². The molecule has 6 heteroatoms. The molecule has 6 nitrogen and oxygen atoms in total. The molecule has 25 heavy (non-hydrogen) atoms. The highest BCUT2D eigenvalue weighted by atomic mass is 16.5. The third-order valence-corrected chi connectivity index (χ3v) is 3.71. The van der Waals surface area contributed by atoms with Gasteiger partial charge in [-0.1, -0.05) is 30.3 Å². The summed E-state index contributed by atoms with van der Waals surface area (Å²) < 4.78 is 5.04. The van der Waals surface area contributed by atoms with E-state index in [2.05, 4.69) is 10.6 Å². The van der Waals surface area contributed by atoms with Crippen LogP contribution in [0.2, 0.25) is 0 Å². The second-order valence-electron chi connectivity index (χ2n) is 5.78. The van der Waals surface area contributed by atoms with E-state index in [0.29, 0.717) is 11.3 Å². The van der Waals surface area contributed by atoms with Gasteiger partial charge in [0.1, 0.15) is 0 Å². The van der Waals surface area contributed by atoms with Crippen LogP contribution in [0.5, 0.6) is 0 Å². The maximum absolute atomic E-state index is 12.3. The minimum Gasteiger partial charge on any atom is -0.452 e. The zero-order chi connectivity index (χ0) is 17.6. The van der Waals surface area contributed by atoms with E-state index in [1.54, 1.807) is 48.5 Å². The van der Waals surface area contributed by atoms with Crippen molar-refractivity contribution < 1.29 is 19.1 Å². The van der Waals surface area contributed by atoms with Crippen LogP contribution < -0.4 is 10.6 Å². The Kier molecular flexibility index (Phi) is 5.09. The van der Waals surface area contributed by atoms with Crippen molar-refractivity contribution in [2.24, 2.45) is 0 Å². The second-order valence-corrected chi connectivity index (χ2v) is 5.78. The highest BCUT2D eigenvalue weighted by molar-refractivity contribution is 6.08. The van der Waals surface area contributed by atoms with Gasteiger partial charge in [-0.3, -0.25) is 9.59 Å². The molecule has 128 valence electrons. The predicted molar refractivity (Wildman–Crippen MR) is 92.3 cm³/mol. The summed E-state index contributed by atoms with van der Waals surface area (Å²) in [6, 6.07) is 15.4. The molecule has 0 unspecified atom stereocenters. The van der Waals surface area contributed by atoms with Crippen molar-refractivity contribution in [3.8, 4) is 0 Å². The van der Waals surface area contributed by atoms with E-state index in [-0.39, 0.29) is 30.0 Å². The molecule has 0 bridgehead atoms. The Bertz CT molecular complexity index is 785. The molecule has 0 heterocycles. The lowest BCUT2D eigenvalue weighted by Gasteiger charge is -2.11. The molecule has 1 saturated carbocycles. The van der Waals surface area contributed by atoms with E-state index in [1.165, 1.54) is 0 Å². The Morgan fingerprint density at radius 1 is 0.960 bits per heavy atom. The molecule has 2 aromatic rings. The Balaban J connectivity index is 1.64. The number of benzene rings is 2. The van der Waals surface area contributed by atoms with Gasteiger partial charge in [-0.25, -0.2) is 4.79 Å². The van der Waals surface area contributed by atoms with E-state index in [9.17, 15) is 14.4 Å². The van der Waals surface area contributed by atoms with Crippen molar-refractivity contribution in [1.29, 1.82) is 0 Å². The monoisotopic (exact) mass is 338 g/mol. The average Bonchev–Trinajstić information content (AvgIpc) is 3.45. The molecular formula is C19H18N2O4. The zero-order valence-electron chi connectivity index (χ0n) is 13.5. The first kappa shape index (κ1) is 16.7. The molecule has 0 radical (unpaired) electrons. The van der Waals surface area contributed by atoms with Crippen LogP contribution in [0.4, 0.5) is 5.69 Å². The van der Waals surface area contributed by atoms with Crippen LogP contribution in [0.1, 0.15) is 33.6 Å². The first-order valence-electron chi connectivity index (χ1n) is 8.05. The normalized spacial score (nSPS) is 13.0. The molecule has 0 aliphatic heterocycles. The Morgan fingerprint density at radius 2 is 1.64 bits per heavy atom. The predicted octanol–water partition coefficient (Wildman–Crippen LogP) is 2.37. The van der Waals surface area contributed by atoms with Gasteiger partial charge in [-0.15, -0.1) is 0 Å². The van der Waals surface area contributed by atoms with Crippen molar-refractivity contribution in [2.75, 3.05) is 11.9 Å². The third-order valence-electron chi connectivity index (χ3n) is 3.71. The van der Waals surface area contributed by atoms with Crippen LogP contribution in [0, 0.1) is 0 Å². The molecule has 3 rings (SSSR count). The minimum atomic E-state index is -0.657. The molecule has 0 spiro atoms. The molecule has 2 N–H and O–H groups in total. The van der Waals surface area contributed by atoms with Gasteiger partial charge in [0.15, 0.2) is 6.61 Å². The fourth-order valence-electron chi connectivity index (χ4n) is 2.26. The number of esters is 1. The molecule has 1 aliphatic carbocycles. The summed E-state index contributed by atoms with van der Waals surface area (Å²) in [6.45, 7) is -0.337. The number of hydrogen-bond acceptors (Lipinski definition) is 4. The second kappa shape index (κ2) is 7.61. The largest absolute Gasteiger partial charge is 0.452 e. The molecule has 1 aliphatic rings. The van der Waals surface area contributed by atoms with Crippen LogP contribution in [-0.4, -0.2) is 30.4 Å². The van der Waals surface area contributed by atoms with Gasteiger partial charge in [-0.05, 0) is 37.1 Å². The third kappa shape index (κ3) is 4.67. The van der Waals surface area contributed by atoms with Crippen LogP contribution >= 0.6 is 0 Å². The minimum absolute atomic E-state index is 0.200. The molecule has 1 fully saturated rings. The molecule has 2 amide bonds. The summed E-state index contributed by atoms with van der Waals surface area (Å²) in [5.41, 5.74) is 1.02. The Labute approximate surface area is 145 Å². The average molecular weight is 338 g/mol. The van der Waals surface area contributed by atoms with Crippen LogP contribution in [0.15, 0.2) is 54.6 Å². The number of carbonyl (C=O) groups is 3. The maximum Gasteiger partial charge on any atom is 0.340 e. The lowest BCUT2D eigenvalue weighted by atomic mass is 10.1. The van der Waals surface area contributed by atoms with E-state index in [0.717, 1.165) is 12.8 Å². The van der Waals surface area contributed by atoms with Crippen molar-refractivity contribution in [3.63, 3.8) is 0 Å². The molecule has 0 saturated heterocycles. The summed E-state index contributed by atoms with van der Waals surface area (Å²) >= 11 is 0. The molecule has 0 atom stereocenters.